The van der Waals surface area contributed by atoms with Crippen molar-refractivity contribution >= 4 is 0 Å². The predicted octanol–water partition coefficient (Wildman–Crippen LogP) is 1.00. The van der Waals surface area contributed by atoms with Gasteiger partial charge in [-0.25, -0.2) is 0 Å². The lowest BCUT2D eigenvalue weighted by molar-refractivity contribution is 0.115. The quantitative estimate of drug-likeness (QED) is 0.618. The Morgan fingerprint density at radius 3 is 2.10 bits per heavy atom. The molecule has 2 N–H and O–H groups in total. The molecule has 62 valence electrons. The molecule has 0 saturated heterocycles. The van der Waals surface area contributed by atoms with Crippen molar-refractivity contribution in [3.05, 3.63) is 0 Å². The van der Waals surface area contributed by atoms with Gasteiger partial charge in [-0.15, -0.1) is 0 Å². The molecule has 0 bridgehead atoms. The fourth-order valence-corrected chi connectivity index (χ4v) is 0.926. The van der Waals surface area contributed by atoms with Gasteiger partial charge in [0.25, 0.3) is 0 Å². The van der Waals surface area contributed by atoms with Crippen molar-refractivity contribution in [2.75, 3.05) is 6.54 Å². The van der Waals surface area contributed by atoms with Crippen LogP contribution < -0.4 is 5.32 Å². The number of nitrogens with one attached hydrogen (secondary N) is 1. The summed E-state index contributed by atoms with van der Waals surface area (Å²) in [5, 5.41) is 12.4. The standard InChI is InChI=1S/C8H19NO/c1-5-9-7(3)6(2)8(4)10/h6-10H,5H2,1-4H3. The number of hydrogen-bond acceptors (Lipinski definition) is 2. The zero-order valence-electron chi connectivity index (χ0n) is 7.39. The topological polar surface area (TPSA) is 32.3 Å². The smallest absolute Gasteiger partial charge is 0.0552 e. The van der Waals surface area contributed by atoms with E-state index >= 15 is 0 Å². The molecule has 0 heterocycles. The first-order valence-electron chi connectivity index (χ1n) is 4.01. The highest BCUT2D eigenvalue weighted by Gasteiger charge is 2.15. The van der Waals surface area contributed by atoms with E-state index < -0.39 is 0 Å². The van der Waals surface area contributed by atoms with Crippen molar-refractivity contribution in [1.29, 1.82) is 0 Å². The van der Waals surface area contributed by atoms with Gasteiger partial charge in [0.2, 0.25) is 0 Å². The molecular formula is C8H19NO. The second-order valence-electron chi connectivity index (χ2n) is 2.95. The van der Waals surface area contributed by atoms with Crippen molar-refractivity contribution in [3.63, 3.8) is 0 Å². The van der Waals surface area contributed by atoms with Gasteiger partial charge in [0.05, 0.1) is 6.10 Å². The van der Waals surface area contributed by atoms with Crippen LogP contribution in [-0.2, 0) is 0 Å². The number of aliphatic hydroxyl groups is 1. The fraction of sp³-hybridized carbons (Fsp3) is 1.00. The monoisotopic (exact) mass is 145 g/mol. The van der Waals surface area contributed by atoms with Gasteiger partial charge in [-0.3, -0.25) is 0 Å². The van der Waals surface area contributed by atoms with E-state index in [1.165, 1.54) is 0 Å². The Morgan fingerprint density at radius 1 is 1.30 bits per heavy atom. The van der Waals surface area contributed by atoms with E-state index in [2.05, 4.69) is 26.1 Å². The van der Waals surface area contributed by atoms with Gasteiger partial charge in [0.15, 0.2) is 0 Å². The van der Waals surface area contributed by atoms with Gasteiger partial charge >= 0.3 is 0 Å². The van der Waals surface area contributed by atoms with Crippen molar-refractivity contribution < 1.29 is 5.11 Å². The van der Waals surface area contributed by atoms with Crippen LogP contribution in [0, 0.1) is 5.92 Å². The Balaban J connectivity index is 3.58. The molecule has 0 radical (unpaired) electrons. The van der Waals surface area contributed by atoms with E-state index in [9.17, 15) is 5.11 Å². The Morgan fingerprint density at radius 2 is 1.80 bits per heavy atom. The zero-order valence-corrected chi connectivity index (χ0v) is 7.39. The van der Waals surface area contributed by atoms with Crippen LogP contribution in [0.1, 0.15) is 27.7 Å². The van der Waals surface area contributed by atoms with Crippen LogP contribution in [0.25, 0.3) is 0 Å². The zero-order chi connectivity index (χ0) is 8.15. The van der Waals surface area contributed by atoms with E-state index in [1.807, 2.05) is 6.92 Å². The number of rotatable bonds is 4. The van der Waals surface area contributed by atoms with E-state index in [-0.39, 0.29) is 6.10 Å². The van der Waals surface area contributed by atoms with Crippen molar-refractivity contribution in [1.82, 2.24) is 5.32 Å². The van der Waals surface area contributed by atoms with E-state index in [0.717, 1.165) is 6.54 Å². The molecule has 3 atom stereocenters. The Hall–Kier alpha value is -0.0800. The Kier molecular flexibility index (Phi) is 4.65. The summed E-state index contributed by atoms with van der Waals surface area (Å²) in [6.07, 6.45) is -0.214. The third-order valence-corrected chi connectivity index (χ3v) is 2.08. The average Bonchev–Trinajstić information content (AvgIpc) is 1.87. The van der Waals surface area contributed by atoms with Gasteiger partial charge in [0.1, 0.15) is 0 Å². The molecule has 0 aliphatic heterocycles. The molecule has 0 aromatic carbocycles. The van der Waals surface area contributed by atoms with Gasteiger partial charge < -0.3 is 10.4 Å². The van der Waals surface area contributed by atoms with Crippen LogP contribution in [0.3, 0.4) is 0 Å². The van der Waals surface area contributed by atoms with E-state index in [0.29, 0.717) is 12.0 Å². The normalized spacial score (nSPS) is 20.1. The summed E-state index contributed by atoms with van der Waals surface area (Å²) < 4.78 is 0. The number of hydrogen-bond donors (Lipinski definition) is 2. The molecular weight excluding hydrogens is 126 g/mol. The molecule has 10 heavy (non-hydrogen) atoms. The van der Waals surface area contributed by atoms with Crippen LogP contribution in [-0.4, -0.2) is 23.8 Å². The van der Waals surface area contributed by atoms with E-state index in [4.69, 9.17) is 0 Å². The molecule has 3 unspecified atom stereocenters. The van der Waals surface area contributed by atoms with Gasteiger partial charge in [-0.05, 0) is 26.3 Å². The van der Waals surface area contributed by atoms with Gasteiger partial charge in [-0.1, -0.05) is 13.8 Å². The molecule has 2 nitrogen and oxygen atoms in total. The molecule has 0 amide bonds. The molecule has 0 rings (SSSR count). The molecule has 2 heteroatoms. The highest BCUT2D eigenvalue weighted by atomic mass is 16.3. The SMILES string of the molecule is CCNC(C)C(C)C(C)O. The molecule has 0 spiro atoms. The highest BCUT2D eigenvalue weighted by molar-refractivity contribution is 4.71. The maximum atomic E-state index is 9.18. The van der Waals surface area contributed by atoms with E-state index in [1.54, 1.807) is 0 Å². The molecule has 0 fully saturated rings. The molecule has 0 aliphatic carbocycles. The van der Waals surface area contributed by atoms with Gasteiger partial charge in [0, 0.05) is 6.04 Å². The van der Waals surface area contributed by atoms with Crippen LogP contribution in [0.15, 0.2) is 0 Å². The van der Waals surface area contributed by atoms with Crippen LogP contribution in [0.4, 0.5) is 0 Å². The summed E-state index contributed by atoms with van der Waals surface area (Å²) in [6, 6.07) is 0.407. The Labute approximate surface area is 63.6 Å². The summed E-state index contributed by atoms with van der Waals surface area (Å²) in [6.45, 7) is 9.03. The summed E-state index contributed by atoms with van der Waals surface area (Å²) in [7, 11) is 0. The second-order valence-corrected chi connectivity index (χ2v) is 2.95. The van der Waals surface area contributed by atoms with Crippen LogP contribution >= 0.6 is 0 Å². The summed E-state index contributed by atoms with van der Waals surface area (Å²) in [4.78, 5) is 0. The molecule has 0 aromatic rings. The van der Waals surface area contributed by atoms with Crippen LogP contribution in [0.5, 0.6) is 0 Å². The van der Waals surface area contributed by atoms with Crippen molar-refractivity contribution in [2.45, 2.75) is 39.8 Å². The first kappa shape index (κ1) is 9.92. The number of aliphatic hydroxyl groups excluding tert-OH is 1. The second kappa shape index (κ2) is 4.69. The summed E-state index contributed by atoms with van der Waals surface area (Å²) in [5.41, 5.74) is 0. The largest absolute Gasteiger partial charge is 0.393 e. The third kappa shape index (κ3) is 3.18. The first-order valence-corrected chi connectivity index (χ1v) is 4.01. The van der Waals surface area contributed by atoms with Crippen molar-refractivity contribution in [3.8, 4) is 0 Å². The lowest BCUT2D eigenvalue weighted by Gasteiger charge is -2.22. The molecule has 0 aliphatic rings. The maximum absolute atomic E-state index is 9.18. The lowest BCUT2D eigenvalue weighted by Crippen LogP contribution is -2.36. The average molecular weight is 145 g/mol. The van der Waals surface area contributed by atoms with Crippen LogP contribution in [0.2, 0.25) is 0 Å². The Bertz CT molecular complexity index is 83.3. The predicted molar refractivity (Wildman–Crippen MR) is 44.0 cm³/mol. The highest BCUT2D eigenvalue weighted by Crippen LogP contribution is 2.06. The van der Waals surface area contributed by atoms with Crippen molar-refractivity contribution in [2.24, 2.45) is 5.92 Å². The minimum absolute atomic E-state index is 0.214. The summed E-state index contributed by atoms with van der Waals surface area (Å²) in [5.74, 6) is 0.333. The van der Waals surface area contributed by atoms with Gasteiger partial charge in [-0.2, -0.15) is 0 Å². The first-order chi connectivity index (χ1) is 4.59. The molecule has 0 saturated carbocycles. The lowest BCUT2D eigenvalue weighted by atomic mass is 9.98. The minimum Gasteiger partial charge on any atom is -0.393 e. The summed E-state index contributed by atoms with van der Waals surface area (Å²) >= 11 is 0. The molecule has 0 aromatic heterocycles. The minimum atomic E-state index is -0.214. The fourth-order valence-electron chi connectivity index (χ4n) is 0.926. The maximum Gasteiger partial charge on any atom is 0.0552 e. The third-order valence-electron chi connectivity index (χ3n) is 2.08.